The van der Waals surface area contributed by atoms with Gasteiger partial charge in [-0.05, 0) is 45.1 Å². The molecule has 3 nitrogen and oxygen atoms in total. The minimum atomic E-state index is 0.368. The molecular weight excluding hydrogens is 198 g/mol. The van der Waals surface area contributed by atoms with E-state index in [0.717, 1.165) is 23.3 Å². The number of aryl methyl sites for hydroxylation is 1. The molecule has 0 radical (unpaired) electrons. The third kappa shape index (κ3) is 1.95. The predicted octanol–water partition coefficient (Wildman–Crippen LogP) is 2.88. The second kappa shape index (κ2) is 4.26. The number of benzene rings is 1. The number of aromatic nitrogens is 2. The number of H-pyrrole nitrogens is 1. The maximum atomic E-state index is 4.65. The van der Waals surface area contributed by atoms with Gasteiger partial charge in [0, 0.05) is 0 Å². The lowest BCUT2D eigenvalue weighted by Crippen LogP contribution is -2.20. The molecule has 1 aromatic carbocycles. The first kappa shape index (κ1) is 11.1. The minimum absolute atomic E-state index is 0.368. The van der Waals surface area contributed by atoms with Crippen LogP contribution in [0.4, 0.5) is 0 Å². The van der Waals surface area contributed by atoms with Gasteiger partial charge in [-0.2, -0.15) is 0 Å². The Balaban J connectivity index is 2.45. The predicted molar refractivity (Wildman–Crippen MR) is 67.5 cm³/mol. The minimum Gasteiger partial charge on any atom is -0.341 e. The van der Waals surface area contributed by atoms with Crippen LogP contribution in [0.1, 0.15) is 30.8 Å². The molecule has 2 rings (SSSR count). The molecule has 2 aromatic rings. The smallest absolute Gasteiger partial charge is 0.124 e. The molecule has 0 amide bonds. The van der Waals surface area contributed by atoms with Crippen LogP contribution in [0, 0.1) is 6.92 Å². The maximum Gasteiger partial charge on any atom is 0.124 e. The third-order valence-electron chi connectivity index (χ3n) is 2.98. The van der Waals surface area contributed by atoms with Gasteiger partial charge in [0.15, 0.2) is 0 Å². The van der Waals surface area contributed by atoms with Crippen molar-refractivity contribution in [1.82, 2.24) is 14.9 Å². The lowest BCUT2D eigenvalue weighted by Gasteiger charge is -2.20. The van der Waals surface area contributed by atoms with E-state index in [9.17, 15) is 0 Å². The van der Waals surface area contributed by atoms with Crippen molar-refractivity contribution in [2.45, 2.75) is 26.3 Å². The fourth-order valence-corrected chi connectivity index (χ4v) is 2.10. The molecule has 1 aromatic heterocycles. The fourth-order valence-electron chi connectivity index (χ4n) is 2.10. The van der Waals surface area contributed by atoms with Gasteiger partial charge in [0.2, 0.25) is 0 Å². The van der Waals surface area contributed by atoms with Crippen molar-refractivity contribution in [1.29, 1.82) is 0 Å². The van der Waals surface area contributed by atoms with E-state index in [1.165, 1.54) is 5.56 Å². The van der Waals surface area contributed by atoms with E-state index in [0.29, 0.717) is 6.04 Å². The van der Waals surface area contributed by atoms with Crippen molar-refractivity contribution < 1.29 is 0 Å². The SMILES string of the molecule is CCC(c1nc2ccc(C)cc2[nH]1)N(C)C. The van der Waals surface area contributed by atoms with E-state index >= 15 is 0 Å². The highest BCUT2D eigenvalue weighted by Crippen LogP contribution is 2.22. The first-order valence-corrected chi connectivity index (χ1v) is 5.74. The average molecular weight is 217 g/mol. The van der Waals surface area contributed by atoms with Crippen LogP contribution in [0.25, 0.3) is 11.0 Å². The molecule has 0 bridgehead atoms. The summed E-state index contributed by atoms with van der Waals surface area (Å²) in [5.41, 5.74) is 3.46. The summed E-state index contributed by atoms with van der Waals surface area (Å²) in [5.74, 6) is 1.06. The molecule has 3 heteroatoms. The van der Waals surface area contributed by atoms with Crippen LogP contribution in [0.5, 0.6) is 0 Å². The van der Waals surface area contributed by atoms with Crippen molar-refractivity contribution in [3.05, 3.63) is 29.6 Å². The fraction of sp³-hybridized carbons (Fsp3) is 0.462. The van der Waals surface area contributed by atoms with Gasteiger partial charge in [-0.15, -0.1) is 0 Å². The van der Waals surface area contributed by atoms with Crippen LogP contribution >= 0.6 is 0 Å². The summed E-state index contributed by atoms with van der Waals surface area (Å²) in [5, 5.41) is 0. The van der Waals surface area contributed by atoms with Gasteiger partial charge < -0.3 is 4.98 Å². The van der Waals surface area contributed by atoms with Crippen LogP contribution in [0.2, 0.25) is 0 Å². The summed E-state index contributed by atoms with van der Waals surface area (Å²) in [6.45, 7) is 4.28. The Morgan fingerprint density at radius 1 is 1.38 bits per heavy atom. The second-order valence-electron chi connectivity index (χ2n) is 4.53. The Hall–Kier alpha value is -1.35. The Labute approximate surface area is 96.5 Å². The molecule has 0 aliphatic carbocycles. The highest BCUT2D eigenvalue weighted by molar-refractivity contribution is 5.75. The van der Waals surface area contributed by atoms with Crippen LogP contribution in [-0.2, 0) is 0 Å². The number of nitrogens with zero attached hydrogens (tertiary/aromatic N) is 2. The zero-order chi connectivity index (χ0) is 11.7. The van der Waals surface area contributed by atoms with E-state index in [1.807, 2.05) is 0 Å². The van der Waals surface area contributed by atoms with Crippen molar-refractivity contribution in [2.24, 2.45) is 0 Å². The third-order valence-corrected chi connectivity index (χ3v) is 2.98. The van der Waals surface area contributed by atoms with Gasteiger partial charge in [-0.25, -0.2) is 4.98 Å². The molecule has 1 heterocycles. The molecule has 0 aliphatic rings. The molecule has 0 aliphatic heterocycles. The average Bonchev–Trinajstić information content (AvgIpc) is 2.60. The van der Waals surface area contributed by atoms with Gasteiger partial charge in [0.25, 0.3) is 0 Å². The quantitative estimate of drug-likeness (QED) is 0.857. The summed E-state index contributed by atoms with van der Waals surface area (Å²) in [6, 6.07) is 6.69. The highest BCUT2D eigenvalue weighted by Gasteiger charge is 2.15. The van der Waals surface area contributed by atoms with Crippen molar-refractivity contribution >= 4 is 11.0 Å². The molecule has 1 atom stereocenters. The number of hydrogen-bond donors (Lipinski definition) is 1. The Bertz CT molecular complexity index is 485. The summed E-state index contributed by atoms with van der Waals surface area (Å²) < 4.78 is 0. The van der Waals surface area contributed by atoms with Crippen LogP contribution in [0.15, 0.2) is 18.2 Å². The first-order chi connectivity index (χ1) is 7.61. The van der Waals surface area contributed by atoms with Gasteiger partial charge in [0.1, 0.15) is 5.82 Å². The van der Waals surface area contributed by atoms with Crippen LogP contribution in [-0.4, -0.2) is 29.0 Å². The summed E-state index contributed by atoms with van der Waals surface area (Å²) in [6.07, 6.45) is 1.06. The van der Waals surface area contributed by atoms with Gasteiger partial charge >= 0.3 is 0 Å². The number of imidazole rings is 1. The monoisotopic (exact) mass is 217 g/mol. The molecule has 86 valence electrons. The molecule has 0 fully saturated rings. The summed E-state index contributed by atoms with van der Waals surface area (Å²) >= 11 is 0. The number of hydrogen-bond acceptors (Lipinski definition) is 2. The second-order valence-corrected chi connectivity index (χ2v) is 4.53. The van der Waals surface area contributed by atoms with E-state index in [4.69, 9.17) is 0 Å². The van der Waals surface area contributed by atoms with Crippen molar-refractivity contribution in [3.8, 4) is 0 Å². The van der Waals surface area contributed by atoms with E-state index in [-0.39, 0.29) is 0 Å². The summed E-state index contributed by atoms with van der Waals surface area (Å²) in [7, 11) is 4.18. The summed E-state index contributed by atoms with van der Waals surface area (Å²) in [4.78, 5) is 10.3. The Kier molecular flexibility index (Phi) is 2.97. The number of fused-ring (bicyclic) bond motifs is 1. The molecule has 0 saturated heterocycles. The lowest BCUT2D eigenvalue weighted by molar-refractivity contribution is 0.282. The normalized spacial score (nSPS) is 13.6. The van der Waals surface area contributed by atoms with Gasteiger partial charge in [-0.1, -0.05) is 13.0 Å². The maximum absolute atomic E-state index is 4.65. The number of rotatable bonds is 3. The van der Waals surface area contributed by atoms with Crippen LogP contribution < -0.4 is 0 Å². The molecular formula is C13H19N3. The molecule has 1 N–H and O–H groups in total. The van der Waals surface area contributed by atoms with Crippen molar-refractivity contribution in [2.75, 3.05) is 14.1 Å². The van der Waals surface area contributed by atoms with Gasteiger partial charge in [-0.3, -0.25) is 4.90 Å². The molecule has 0 saturated carbocycles. The Morgan fingerprint density at radius 3 is 2.75 bits per heavy atom. The first-order valence-electron chi connectivity index (χ1n) is 5.74. The zero-order valence-corrected chi connectivity index (χ0v) is 10.4. The Morgan fingerprint density at radius 2 is 2.12 bits per heavy atom. The topological polar surface area (TPSA) is 31.9 Å². The molecule has 16 heavy (non-hydrogen) atoms. The number of aromatic amines is 1. The lowest BCUT2D eigenvalue weighted by atomic mass is 10.2. The van der Waals surface area contributed by atoms with Crippen LogP contribution in [0.3, 0.4) is 0 Å². The highest BCUT2D eigenvalue weighted by atomic mass is 15.1. The van der Waals surface area contributed by atoms with Gasteiger partial charge in [0.05, 0.1) is 17.1 Å². The zero-order valence-electron chi connectivity index (χ0n) is 10.4. The van der Waals surface area contributed by atoms with E-state index in [1.54, 1.807) is 0 Å². The number of nitrogens with one attached hydrogen (secondary N) is 1. The van der Waals surface area contributed by atoms with Crippen molar-refractivity contribution in [3.63, 3.8) is 0 Å². The largest absolute Gasteiger partial charge is 0.341 e. The molecule has 0 spiro atoms. The standard InChI is InChI=1S/C13H19N3/c1-5-12(16(3)4)13-14-10-7-6-9(2)8-11(10)15-13/h6-8,12H,5H2,1-4H3,(H,14,15). The molecule has 1 unspecified atom stereocenters. The van der Waals surface area contributed by atoms with E-state index in [2.05, 4.69) is 61.0 Å². The van der Waals surface area contributed by atoms with E-state index < -0.39 is 0 Å².